The first kappa shape index (κ1) is 26.8. The van der Waals surface area contributed by atoms with Gasteiger partial charge in [0.1, 0.15) is 18.6 Å². The summed E-state index contributed by atoms with van der Waals surface area (Å²) in [6.07, 6.45) is 3.19. The highest BCUT2D eigenvalue weighted by molar-refractivity contribution is 8.03. The molecule has 1 aromatic rings. The average Bonchev–Trinajstić information content (AvgIpc) is 3.67. The van der Waals surface area contributed by atoms with E-state index in [2.05, 4.69) is 31.5 Å². The number of fused-ring (bicyclic) bond motifs is 1. The van der Waals surface area contributed by atoms with Crippen molar-refractivity contribution in [2.24, 2.45) is 23.7 Å². The Labute approximate surface area is 224 Å². The Hall–Kier alpha value is -2.84. The molecule has 0 radical (unpaired) electrons. The second-order valence-corrected chi connectivity index (χ2v) is 12.1. The molecule has 0 unspecified atom stereocenters. The summed E-state index contributed by atoms with van der Waals surface area (Å²) < 4.78 is 1.34. The molecule has 0 aromatic carbocycles. The highest BCUT2D eigenvalue weighted by atomic mass is 32.2. The maximum absolute atomic E-state index is 13.1. The van der Waals surface area contributed by atoms with Crippen molar-refractivity contribution in [1.82, 2.24) is 41.1 Å². The van der Waals surface area contributed by atoms with E-state index in [1.807, 2.05) is 13.8 Å². The molecule has 206 valence electrons. The summed E-state index contributed by atoms with van der Waals surface area (Å²) in [7, 11) is 0. The van der Waals surface area contributed by atoms with Gasteiger partial charge in [-0.1, -0.05) is 13.8 Å². The van der Waals surface area contributed by atoms with Gasteiger partial charge in [0.25, 0.3) is 0 Å². The zero-order valence-corrected chi connectivity index (χ0v) is 22.3. The standard InChI is InChI=1S/C24H34N8O5S/c1-12(5-15(33)10-31-11-28-29-30-31)18-19-13(2)21(20(24(36)37)32(19)23(18)35)38-16-6-17(26-9-16)22(34)27-8-14-3-4-25-7-14/h11-14,16-19,25-26H,3-10H2,1-2H3,(H,27,34)(H,36,37)/t12-,13+,14+,16-,17-,18+,19+/m0/s1. The molecule has 3 saturated heterocycles. The third kappa shape index (κ3) is 5.21. The zero-order valence-electron chi connectivity index (χ0n) is 21.5. The van der Waals surface area contributed by atoms with Crippen LogP contribution in [0.5, 0.6) is 0 Å². The summed E-state index contributed by atoms with van der Waals surface area (Å²) in [4.78, 5) is 52.7. The fraction of sp³-hybridized carbons (Fsp3) is 0.708. The van der Waals surface area contributed by atoms with E-state index in [1.54, 1.807) is 0 Å². The van der Waals surface area contributed by atoms with Crippen molar-refractivity contribution < 1.29 is 24.3 Å². The number of amides is 2. The van der Waals surface area contributed by atoms with Crippen LogP contribution in [0.3, 0.4) is 0 Å². The van der Waals surface area contributed by atoms with Crippen LogP contribution in [0.2, 0.25) is 0 Å². The minimum atomic E-state index is -1.12. The molecule has 38 heavy (non-hydrogen) atoms. The average molecular weight is 547 g/mol. The largest absolute Gasteiger partial charge is 0.477 e. The lowest BCUT2D eigenvalue weighted by molar-refractivity contribution is -0.160. The lowest BCUT2D eigenvalue weighted by atomic mass is 9.73. The number of carbonyl (C=O) groups is 4. The van der Waals surface area contributed by atoms with E-state index in [1.165, 1.54) is 27.7 Å². The van der Waals surface area contributed by atoms with Gasteiger partial charge in [-0.2, -0.15) is 0 Å². The van der Waals surface area contributed by atoms with E-state index >= 15 is 0 Å². The Kier molecular flexibility index (Phi) is 7.82. The minimum Gasteiger partial charge on any atom is -0.477 e. The topological polar surface area (TPSA) is 171 Å². The summed E-state index contributed by atoms with van der Waals surface area (Å²) in [5, 5.41) is 30.4. The molecule has 0 bridgehead atoms. The molecule has 5 rings (SSSR count). The molecule has 4 N–H and O–H groups in total. The van der Waals surface area contributed by atoms with Gasteiger partial charge in [0, 0.05) is 35.6 Å². The second-order valence-electron chi connectivity index (χ2n) is 10.8. The predicted molar refractivity (Wildman–Crippen MR) is 136 cm³/mol. The van der Waals surface area contributed by atoms with E-state index in [-0.39, 0.29) is 65.4 Å². The van der Waals surface area contributed by atoms with Gasteiger partial charge in [-0.3, -0.25) is 14.4 Å². The number of tetrazole rings is 1. The summed E-state index contributed by atoms with van der Waals surface area (Å²) in [5.74, 6) is -1.87. The first-order valence-electron chi connectivity index (χ1n) is 13.2. The number of nitrogens with one attached hydrogen (secondary N) is 3. The van der Waals surface area contributed by atoms with Crippen molar-refractivity contribution in [2.75, 3.05) is 26.2 Å². The van der Waals surface area contributed by atoms with Crippen LogP contribution in [0.4, 0.5) is 0 Å². The van der Waals surface area contributed by atoms with Gasteiger partial charge in [0.2, 0.25) is 11.8 Å². The Bertz CT molecular complexity index is 1120. The van der Waals surface area contributed by atoms with Crippen LogP contribution in [0.25, 0.3) is 0 Å². The summed E-state index contributed by atoms with van der Waals surface area (Å²) in [5.41, 5.74) is 0.0441. The van der Waals surface area contributed by atoms with Crippen molar-refractivity contribution in [1.29, 1.82) is 0 Å². The number of carboxylic acid groups (broad SMARTS) is 1. The minimum absolute atomic E-state index is 0.0215. The number of carboxylic acids is 1. The SMILES string of the molecule is C[C@@H](CC(=O)Cn1cnnn1)[C@H]1C(=O)N2C(C(=O)O)=C(S[C@@H]3CN[C@H](C(=O)NC[C@@H]4CCNC4)C3)[C@H](C)[C@H]12. The lowest BCUT2D eigenvalue weighted by Crippen LogP contribution is -2.62. The molecular formula is C24H34N8O5S. The molecule has 4 aliphatic heterocycles. The Balaban J connectivity index is 1.19. The number of β-lactam (4-membered cyclic amide) rings is 1. The number of carbonyl (C=O) groups excluding carboxylic acids is 3. The second kappa shape index (κ2) is 11.1. The van der Waals surface area contributed by atoms with Crippen LogP contribution in [0, 0.1) is 23.7 Å². The number of hydrogen-bond acceptors (Lipinski definition) is 10. The van der Waals surface area contributed by atoms with Crippen molar-refractivity contribution >= 4 is 35.3 Å². The number of ketones is 1. The van der Waals surface area contributed by atoms with Crippen LogP contribution < -0.4 is 16.0 Å². The van der Waals surface area contributed by atoms with Crippen LogP contribution in [0.15, 0.2) is 16.9 Å². The number of rotatable bonds is 11. The maximum atomic E-state index is 13.1. The fourth-order valence-corrected chi connectivity index (χ4v) is 7.66. The molecule has 13 nitrogen and oxygen atoms in total. The summed E-state index contributed by atoms with van der Waals surface area (Å²) in [6, 6.07) is -0.606. The first-order valence-corrected chi connectivity index (χ1v) is 14.0. The Morgan fingerprint density at radius 1 is 1.32 bits per heavy atom. The summed E-state index contributed by atoms with van der Waals surface area (Å²) >= 11 is 1.46. The van der Waals surface area contributed by atoms with Crippen molar-refractivity contribution in [3.05, 3.63) is 16.9 Å². The molecule has 5 heterocycles. The number of nitrogens with zero attached hydrogens (tertiary/aromatic N) is 5. The maximum Gasteiger partial charge on any atom is 0.353 e. The molecule has 0 saturated carbocycles. The summed E-state index contributed by atoms with van der Waals surface area (Å²) in [6.45, 7) is 6.99. The van der Waals surface area contributed by atoms with Crippen LogP contribution in [-0.2, 0) is 25.7 Å². The molecule has 0 aliphatic carbocycles. The third-order valence-corrected chi connectivity index (χ3v) is 9.62. The lowest BCUT2D eigenvalue weighted by Gasteiger charge is -2.47. The molecule has 4 aliphatic rings. The van der Waals surface area contributed by atoms with Crippen LogP contribution >= 0.6 is 11.8 Å². The van der Waals surface area contributed by atoms with Crippen molar-refractivity contribution in [2.45, 2.75) is 57.0 Å². The quantitative estimate of drug-likeness (QED) is 0.257. The van der Waals surface area contributed by atoms with E-state index in [4.69, 9.17) is 0 Å². The molecular weight excluding hydrogens is 512 g/mol. The molecule has 1 aromatic heterocycles. The van der Waals surface area contributed by atoms with Gasteiger partial charge in [-0.25, -0.2) is 9.48 Å². The fourth-order valence-electron chi connectivity index (χ4n) is 6.18. The first-order chi connectivity index (χ1) is 18.2. The van der Waals surface area contributed by atoms with Crippen LogP contribution in [0.1, 0.15) is 33.1 Å². The molecule has 2 amide bonds. The van der Waals surface area contributed by atoms with Gasteiger partial charge >= 0.3 is 5.97 Å². The number of hydrogen-bond donors (Lipinski definition) is 4. The smallest absolute Gasteiger partial charge is 0.353 e. The Morgan fingerprint density at radius 2 is 2.13 bits per heavy atom. The van der Waals surface area contributed by atoms with Gasteiger partial charge in [-0.05, 0) is 48.2 Å². The molecule has 14 heteroatoms. The highest BCUT2D eigenvalue weighted by Gasteiger charge is 2.60. The molecule has 3 fully saturated rings. The third-order valence-electron chi connectivity index (χ3n) is 8.11. The Morgan fingerprint density at radius 3 is 2.82 bits per heavy atom. The van der Waals surface area contributed by atoms with Gasteiger partial charge in [0.05, 0.1) is 18.0 Å². The number of aromatic nitrogens is 4. The molecule has 7 atom stereocenters. The zero-order chi connectivity index (χ0) is 27.0. The van der Waals surface area contributed by atoms with E-state index < -0.39 is 11.9 Å². The van der Waals surface area contributed by atoms with Gasteiger partial charge in [0.15, 0.2) is 5.78 Å². The predicted octanol–water partition coefficient (Wildman–Crippen LogP) is -0.769. The normalized spacial score (nSPS) is 31.3. The number of Topliss-reactive ketones (excluding diaryl/α,β-unsaturated/α-hetero) is 1. The number of aliphatic carboxylic acids is 1. The highest BCUT2D eigenvalue weighted by Crippen LogP contribution is 2.53. The molecule has 0 spiro atoms. The van der Waals surface area contributed by atoms with E-state index in [0.717, 1.165) is 19.5 Å². The van der Waals surface area contributed by atoms with Crippen molar-refractivity contribution in [3.8, 4) is 0 Å². The van der Waals surface area contributed by atoms with E-state index in [9.17, 15) is 24.3 Å². The van der Waals surface area contributed by atoms with Crippen molar-refractivity contribution in [3.63, 3.8) is 0 Å². The number of thioether (sulfide) groups is 1. The van der Waals surface area contributed by atoms with Gasteiger partial charge < -0.3 is 26.0 Å². The van der Waals surface area contributed by atoms with E-state index in [0.29, 0.717) is 30.3 Å². The van der Waals surface area contributed by atoms with Crippen LogP contribution in [-0.4, -0.2) is 97.3 Å². The monoisotopic (exact) mass is 546 g/mol. The van der Waals surface area contributed by atoms with Gasteiger partial charge in [-0.15, -0.1) is 16.9 Å².